The van der Waals surface area contributed by atoms with Crippen LogP contribution < -0.4 is 5.73 Å². The van der Waals surface area contributed by atoms with Crippen LogP contribution in [0.5, 0.6) is 0 Å². The molecule has 6 heteroatoms. The van der Waals surface area contributed by atoms with Crippen LogP contribution in [-0.2, 0) is 9.47 Å². The van der Waals surface area contributed by atoms with Gasteiger partial charge >= 0.3 is 0 Å². The Morgan fingerprint density at radius 2 is 1.89 bits per heavy atom. The fourth-order valence-corrected chi connectivity index (χ4v) is 2.26. The zero-order valence-electron chi connectivity index (χ0n) is 10.9. The van der Waals surface area contributed by atoms with E-state index in [0.717, 1.165) is 6.07 Å². The van der Waals surface area contributed by atoms with Gasteiger partial charge in [-0.1, -0.05) is 0 Å². The lowest BCUT2D eigenvalue weighted by atomic mass is 10.1. The molecule has 0 saturated carbocycles. The summed E-state index contributed by atoms with van der Waals surface area (Å²) in [4.78, 5) is 13.9. The standard InChI is InChI=1S/C13H17FN2O3/c1-18-11-6-16(7-12(11)19-2)13(17)9-4-3-8(14)5-10(9)15/h3-5,11-12H,6-7,15H2,1-2H3. The summed E-state index contributed by atoms with van der Waals surface area (Å²) in [6, 6.07) is 3.77. The molecule has 1 saturated heterocycles. The van der Waals surface area contributed by atoms with Crippen LogP contribution in [0.3, 0.4) is 0 Å². The Labute approximate surface area is 111 Å². The third kappa shape index (κ3) is 2.69. The number of ether oxygens (including phenoxy) is 2. The number of anilines is 1. The summed E-state index contributed by atoms with van der Waals surface area (Å²) >= 11 is 0. The van der Waals surface area contributed by atoms with Crippen LogP contribution in [0.15, 0.2) is 18.2 Å². The SMILES string of the molecule is COC1CN(C(=O)c2ccc(F)cc2N)CC1OC. The molecule has 1 heterocycles. The number of nitrogens with two attached hydrogens (primary N) is 1. The van der Waals surface area contributed by atoms with E-state index in [1.807, 2.05) is 0 Å². The average Bonchev–Trinajstić information content (AvgIpc) is 2.81. The van der Waals surface area contributed by atoms with Gasteiger partial charge in [-0.2, -0.15) is 0 Å². The van der Waals surface area contributed by atoms with Crippen molar-refractivity contribution in [3.05, 3.63) is 29.6 Å². The van der Waals surface area contributed by atoms with Crippen LogP contribution in [0, 0.1) is 5.82 Å². The van der Waals surface area contributed by atoms with E-state index in [9.17, 15) is 9.18 Å². The van der Waals surface area contributed by atoms with Crippen LogP contribution in [0.4, 0.5) is 10.1 Å². The molecule has 1 aliphatic rings. The molecule has 2 unspecified atom stereocenters. The molecule has 1 amide bonds. The molecular weight excluding hydrogens is 251 g/mol. The molecule has 0 aromatic heterocycles. The Hall–Kier alpha value is -1.66. The second-order valence-corrected chi connectivity index (χ2v) is 4.49. The fourth-order valence-electron chi connectivity index (χ4n) is 2.26. The predicted octanol–water partition coefficient (Wildman–Crippen LogP) is 0.894. The highest BCUT2D eigenvalue weighted by atomic mass is 19.1. The molecule has 1 aromatic rings. The highest BCUT2D eigenvalue weighted by Gasteiger charge is 2.36. The monoisotopic (exact) mass is 268 g/mol. The summed E-state index contributed by atoms with van der Waals surface area (Å²) in [7, 11) is 3.16. The Bertz CT molecular complexity index is 469. The summed E-state index contributed by atoms with van der Waals surface area (Å²) in [5.74, 6) is -0.695. The maximum Gasteiger partial charge on any atom is 0.256 e. The zero-order valence-corrected chi connectivity index (χ0v) is 10.9. The van der Waals surface area contributed by atoms with Crippen molar-refractivity contribution in [2.45, 2.75) is 12.2 Å². The van der Waals surface area contributed by atoms with Gasteiger partial charge in [0, 0.05) is 33.0 Å². The molecule has 2 N–H and O–H groups in total. The molecule has 104 valence electrons. The van der Waals surface area contributed by atoms with Crippen molar-refractivity contribution in [2.24, 2.45) is 0 Å². The number of halogens is 1. The third-order valence-electron chi connectivity index (χ3n) is 3.35. The van der Waals surface area contributed by atoms with Crippen LogP contribution in [-0.4, -0.2) is 50.3 Å². The average molecular weight is 268 g/mol. The van der Waals surface area contributed by atoms with Gasteiger partial charge < -0.3 is 20.1 Å². The first-order valence-corrected chi connectivity index (χ1v) is 5.96. The second kappa shape index (κ2) is 5.54. The highest BCUT2D eigenvalue weighted by molar-refractivity contribution is 5.99. The molecule has 0 radical (unpaired) electrons. The number of methoxy groups -OCH3 is 2. The minimum atomic E-state index is -0.458. The number of rotatable bonds is 3. The van der Waals surface area contributed by atoms with Gasteiger partial charge in [-0.15, -0.1) is 0 Å². The first kappa shape index (κ1) is 13.8. The number of carbonyl (C=O) groups is 1. The van der Waals surface area contributed by atoms with Crippen molar-refractivity contribution < 1.29 is 18.7 Å². The molecule has 0 spiro atoms. The van der Waals surface area contributed by atoms with E-state index in [1.54, 1.807) is 19.1 Å². The second-order valence-electron chi connectivity index (χ2n) is 4.49. The van der Waals surface area contributed by atoms with E-state index in [4.69, 9.17) is 15.2 Å². The lowest BCUT2D eigenvalue weighted by molar-refractivity contribution is -0.00461. The van der Waals surface area contributed by atoms with Gasteiger partial charge in [0.15, 0.2) is 0 Å². The van der Waals surface area contributed by atoms with E-state index >= 15 is 0 Å². The van der Waals surface area contributed by atoms with E-state index < -0.39 is 5.82 Å². The van der Waals surface area contributed by atoms with Gasteiger partial charge in [0.05, 0.1) is 5.56 Å². The summed E-state index contributed by atoms with van der Waals surface area (Å²) in [6.07, 6.45) is -0.314. The highest BCUT2D eigenvalue weighted by Crippen LogP contribution is 2.21. The van der Waals surface area contributed by atoms with E-state index in [2.05, 4.69) is 0 Å². The zero-order chi connectivity index (χ0) is 14.0. The van der Waals surface area contributed by atoms with Crippen LogP contribution >= 0.6 is 0 Å². The van der Waals surface area contributed by atoms with Gasteiger partial charge in [0.2, 0.25) is 0 Å². The number of carbonyl (C=O) groups excluding carboxylic acids is 1. The molecule has 0 bridgehead atoms. The van der Waals surface area contributed by atoms with E-state index in [0.29, 0.717) is 18.7 Å². The number of hydrogen-bond acceptors (Lipinski definition) is 4. The minimum Gasteiger partial charge on any atom is -0.398 e. The Kier molecular flexibility index (Phi) is 4.01. The van der Waals surface area contributed by atoms with Gasteiger partial charge in [-0.3, -0.25) is 4.79 Å². The number of nitrogen functional groups attached to an aromatic ring is 1. The molecule has 2 rings (SSSR count). The van der Waals surface area contributed by atoms with Crippen molar-refractivity contribution in [2.75, 3.05) is 33.0 Å². The summed E-state index contributed by atoms with van der Waals surface area (Å²) in [5, 5.41) is 0. The van der Waals surface area contributed by atoms with Gasteiger partial charge in [-0.25, -0.2) is 4.39 Å². The lowest BCUT2D eigenvalue weighted by Crippen LogP contribution is -2.30. The maximum atomic E-state index is 13.0. The smallest absolute Gasteiger partial charge is 0.256 e. The van der Waals surface area contributed by atoms with Crippen molar-refractivity contribution >= 4 is 11.6 Å². The number of amides is 1. The van der Waals surface area contributed by atoms with Gasteiger partial charge in [0.1, 0.15) is 18.0 Å². The normalized spacial score (nSPS) is 22.8. The van der Waals surface area contributed by atoms with Crippen molar-refractivity contribution in [1.82, 2.24) is 4.90 Å². The Morgan fingerprint density at radius 3 is 2.37 bits per heavy atom. The summed E-state index contributed by atoms with van der Waals surface area (Å²) < 4.78 is 23.5. The first-order valence-electron chi connectivity index (χ1n) is 5.96. The summed E-state index contributed by atoms with van der Waals surface area (Å²) in [6.45, 7) is 0.870. The Morgan fingerprint density at radius 1 is 1.32 bits per heavy atom. The molecule has 1 fully saturated rings. The third-order valence-corrected chi connectivity index (χ3v) is 3.35. The first-order chi connectivity index (χ1) is 9.06. The Balaban J connectivity index is 2.17. The molecule has 1 aliphatic heterocycles. The van der Waals surface area contributed by atoms with E-state index in [1.165, 1.54) is 12.1 Å². The number of benzene rings is 1. The number of hydrogen-bond donors (Lipinski definition) is 1. The molecule has 19 heavy (non-hydrogen) atoms. The van der Waals surface area contributed by atoms with Crippen LogP contribution in [0.1, 0.15) is 10.4 Å². The number of nitrogens with zero attached hydrogens (tertiary/aromatic N) is 1. The summed E-state index contributed by atoms with van der Waals surface area (Å²) in [5.41, 5.74) is 6.11. The lowest BCUT2D eigenvalue weighted by Gasteiger charge is -2.16. The van der Waals surface area contributed by atoms with Crippen molar-refractivity contribution in [3.63, 3.8) is 0 Å². The topological polar surface area (TPSA) is 64.8 Å². The van der Waals surface area contributed by atoms with E-state index in [-0.39, 0.29) is 23.8 Å². The van der Waals surface area contributed by atoms with Crippen molar-refractivity contribution in [3.8, 4) is 0 Å². The van der Waals surface area contributed by atoms with Gasteiger partial charge in [0.25, 0.3) is 5.91 Å². The molecule has 1 aromatic carbocycles. The van der Waals surface area contributed by atoms with Crippen LogP contribution in [0.25, 0.3) is 0 Å². The minimum absolute atomic E-state index is 0.139. The van der Waals surface area contributed by atoms with Gasteiger partial charge in [-0.05, 0) is 18.2 Å². The molecule has 2 atom stereocenters. The fraction of sp³-hybridized carbons (Fsp3) is 0.462. The molecular formula is C13H17FN2O3. The number of likely N-dealkylation sites (tertiary alicyclic amines) is 1. The molecule has 0 aliphatic carbocycles. The molecule has 5 nitrogen and oxygen atoms in total. The maximum absolute atomic E-state index is 13.0. The largest absolute Gasteiger partial charge is 0.398 e. The quantitative estimate of drug-likeness (QED) is 0.827. The van der Waals surface area contributed by atoms with Crippen molar-refractivity contribution in [1.29, 1.82) is 0 Å². The predicted molar refractivity (Wildman–Crippen MR) is 68.3 cm³/mol. The van der Waals surface area contributed by atoms with Crippen LogP contribution in [0.2, 0.25) is 0 Å².